The maximum Gasteiger partial charge on any atom is 0.225 e. The summed E-state index contributed by atoms with van der Waals surface area (Å²) in [6.07, 6.45) is 5.13. The first-order valence-corrected chi connectivity index (χ1v) is 7.29. The van der Waals surface area contributed by atoms with Crippen molar-refractivity contribution in [2.24, 2.45) is 5.92 Å². The lowest BCUT2D eigenvalue weighted by atomic mass is 9.88. The summed E-state index contributed by atoms with van der Waals surface area (Å²) in [5.41, 5.74) is 0.286. The van der Waals surface area contributed by atoms with Gasteiger partial charge in [0.1, 0.15) is 0 Å². The summed E-state index contributed by atoms with van der Waals surface area (Å²) < 4.78 is 0. The van der Waals surface area contributed by atoms with Gasteiger partial charge < -0.3 is 15.1 Å². The maximum absolute atomic E-state index is 12.3. The molecule has 0 bridgehead atoms. The Labute approximate surface area is 124 Å². The highest BCUT2D eigenvalue weighted by atomic mass is 16.3. The second kappa shape index (κ2) is 6.61. The van der Waals surface area contributed by atoms with E-state index >= 15 is 0 Å². The molecule has 1 fully saturated rings. The van der Waals surface area contributed by atoms with Gasteiger partial charge in [-0.15, -0.1) is 0 Å². The molecule has 1 amide bonds. The Balaban J connectivity index is 1.97. The minimum absolute atomic E-state index is 0.0143. The first kappa shape index (κ1) is 15.4. The van der Waals surface area contributed by atoms with E-state index in [1.54, 1.807) is 7.05 Å². The van der Waals surface area contributed by atoms with Gasteiger partial charge >= 0.3 is 0 Å². The van der Waals surface area contributed by atoms with Crippen LogP contribution in [0.1, 0.15) is 42.5 Å². The van der Waals surface area contributed by atoms with Crippen molar-refractivity contribution in [3.63, 3.8) is 0 Å². The molecule has 0 aliphatic heterocycles. The standard InChI is InChI=1S/C16H21NO4/c1-17(16(21)11-5-3-2-4-6-11)10-15(20)12-7-8-13(18)14(19)9-12/h7-9,11,18-19H,2-6,10H2,1H3. The molecule has 0 aromatic heterocycles. The number of likely N-dealkylation sites (N-methyl/N-ethyl adjacent to an activating group) is 1. The lowest BCUT2D eigenvalue weighted by Gasteiger charge is -2.26. The number of rotatable bonds is 4. The summed E-state index contributed by atoms with van der Waals surface area (Å²) in [5, 5.41) is 18.7. The van der Waals surface area contributed by atoms with Crippen molar-refractivity contribution in [1.82, 2.24) is 4.90 Å². The number of ketones is 1. The van der Waals surface area contributed by atoms with Gasteiger partial charge in [0.2, 0.25) is 5.91 Å². The fourth-order valence-electron chi connectivity index (χ4n) is 2.74. The fraction of sp³-hybridized carbons (Fsp3) is 0.500. The summed E-state index contributed by atoms with van der Waals surface area (Å²) in [5.74, 6) is -0.798. The van der Waals surface area contributed by atoms with Crippen LogP contribution in [0.4, 0.5) is 0 Å². The highest BCUT2D eigenvalue weighted by molar-refractivity contribution is 5.99. The minimum atomic E-state index is -0.331. The lowest BCUT2D eigenvalue weighted by molar-refractivity contribution is -0.134. The molecule has 0 atom stereocenters. The molecular formula is C16H21NO4. The van der Waals surface area contributed by atoms with Crippen molar-refractivity contribution in [1.29, 1.82) is 0 Å². The number of hydrogen-bond acceptors (Lipinski definition) is 4. The van der Waals surface area contributed by atoms with E-state index in [2.05, 4.69) is 0 Å². The molecule has 1 aliphatic rings. The normalized spacial score (nSPS) is 15.7. The number of carbonyl (C=O) groups excluding carboxylic acids is 2. The zero-order valence-corrected chi connectivity index (χ0v) is 12.2. The Morgan fingerprint density at radius 3 is 2.43 bits per heavy atom. The Morgan fingerprint density at radius 1 is 1.14 bits per heavy atom. The van der Waals surface area contributed by atoms with Crippen LogP contribution in [-0.4, -0.2) is 40.4 Å². The molecule has 1 saturated carbocycles. The lowest BCUT2D eigenvalue weighted by Crippen LogP contribution is -2.37. The number of amides is 1. The van der Waals surface area contributed by atoms with Gasteiger partial charge in [-0.2, -0.15) is 0 Å². The quantitative estimate of drug-likeness (QED) is 0.659. The third-order valence-electron chi connectivity index (χ3n) is 4.01. The van der Waals surface area contributed by atoms with Crippen molar-refractivity contribution < 1.29 is 19.8 Å². The number of nitrogens with zero attached hydrogens (tertiary/aromatic N) is 1. The van der Waals surface area contributed by atoms with Crippen molar-refractivity contribution in [2.45, 2.75) is 32.1 Å². The highest BCUT2D eigenvalue weighted by Crippen LogP contribution is 2.26. The number of carbonyl (C=O) groups is 2. The molecule has 0 saturated heterocycles. The third kappa shape index (κ3) is 3.74. The summed E-state index contributed by atoms with van der Waals surface area (Å²) in [7, 11) is 1.63. The van der Waals surface area contributed by atoms with Gasteiger partial charge in [-0.3, -0.25) is 9.59 Å². The number of hydrogen-bond donors (Lipinski definition) is 2. The van der Waals surface area contributed by atoms with Crippen molar-refractivity contribution in [2.75, 3.05) is 13.6 Å². The first-order chi connectivity index (χ1) is 9.99. The van der Waals surface area contributed by atoms with Crippen LogP contribution in [-0.2, 0) is 4.79 Å². The highest BCUT2D eigenvalue weighted by Gasteiger charge is 2.25. The molecule has 2 N–H and O–H groups in total. The molecular weight excluding hydrogens is 270 g/mol. The molecule has 0 unspecified atom stereocenters. The maximum atomic E-state index is 12.3. The zero-order valence-electron chi connectivity index (χ0n) is 12.2. The average Bonchev–Trinajstić information content (AvgIpc) is 2.50. The SMILES string of the molecule is CN(CC(=O)c1ccc(O)c(O)c1)C(=O)C1CCCCC1. The van der Waals surface area contributed by atoms with E-state index in [1.807, 2.05) is 0 Å². The van der Waals surface area contributed by atoms with E-state index in [-0.39, 0.29) is 41.2 Å². The number of phenols is 2. The van der Waals surface area contributed by atoms with E-state index in [0.717, 1.165) is 25.7 Å². The molecule has 1 aromatic carbocycles. The van der Waals surface area contributed by atoms with Crippen molar-refractivity contribution >= 4 is 11.7 Å². The summed E-state index contributed by atoms with van der Waals surface area (Å²) in [4.78, 5) is 25.9. The van der Waals surface area contributed by atoms with E-state index in [4.69, 9.17) is 0 Å². The summed E-state index contributed by atoms with van der Waals surface area (Å²) in [6.45, 7) is -0.0143. The molecule has 0 radical (unpaired) electrons. The molecule has 5 nitrogen and oxygen atoms in total. The largest absolute Gasteiger partial charge is 0.504 e. The van der Waals surface area contributed by atoms with Gasteiger partial charge in [0.25, 0.3) is 0 Å². The minimum Gasteiger partial charge on any atom is -0.504 e. The van der Waals surface area contributed by atoms with Crippen molar-refractivity contribution in [3.05, 3.63) is 23.8 Å². The van der Waals surface area contributed by atoms with E-state index in [0.29, 0.717) is 0 Å². The van der Waals surface area contributed by atoms with Gasteiger partial charge in [0, 0.05) is 18.5 Å². The van der Waals surface area contributed by atoms with Crippen LogP contribution in [0.3, 0.4) is 0 Å². The first-order valence-electron chi connectivity index (χ1n) is 7.29. The molecule has 114 valence electrons. The average molecular weight is 291 g/mol. The fourth-order valence-corrected chi connectivity index (χ4v) is 2.74. The van der Waals surface area contributed by atoms with Crippen LogP contribution >= 0.6 is 0 Å². The van der Waals surface area contributed by atoms with Gasteiger partial charge in [-0.25, -0.2) is 0 Å². The smallest absolute Gasteiger partial charge is 0.225 e. The number of benzene rings is 1. The Morgan fingerprint density at radius 2 is 1.81 bits per heavy atom. The molecule has 0 heterocycles. The summed E-state index contributed by atoms with van der Waals surface area (Å²) >= 11 is 0. The topological polar surface area (TPSA) is 77.8 Å². The molecule has 1 aliphatic carbocycles. The predicted octanol–water partition coefficient (Wildman–Crippen LogP) is 2.32. The number of aromatic hydroxyl groups is 2. The molecule has 1 aromatic rings. The van der Waals surface area contributed by atoms with Gasteiger partial charge in [0.05, 0.1) is 6.54 Å². The predicted molar refractivity (Wildman–Crippen MR) is 78.3 cm³/mol. The molecule has 0 spiro atoms. The molecule has 5 heteroatoms. The van der Waals surface area contributed by atoms with Gasteiger partial charge in [0.15, 0.2) is 17.3 Å². The Kier molecular flexibility index (Phi) is 4.83. The third-order valence-corrected chi connectivity index (χ3v) is 4.01. The van der Waals surface area contributed by atoms with E-state index < -0.39 is 0 Å². The van der Waals surface area contributed by atoms with Crippen LogP contribution in [0, 0.1) is 5.92 Å². The van der Waals surface area contributed by atoms with E-state index in [1.165, 1.54) is 29.5 Å². The second-order valence-corrected chi connectivity index (χ2v) is 5.66. The summed E-state index contributed by atoms with van der Waals surface area (Å²) in [6, 6.07) is 3.93. The van der Waals surface area contributed by atoms with Gasteiger partial charge in [-0.05, 0) is 31.0 Å². The second-order valence-electron chi connectivity index (χ2n) is 5.66. The van der Waals surface area contributed by atoms with E-state index in [9.17, 15) is 19.8 Å². The van der Waals surface area contributed by atoms with Crippen LogP contribution in [0.15, 0.2) is 18.2 Å². The van der Waals surface area contributed by atoms with Crippen LogP contribution < -0.4 is 0 Å². The molecule has 2 rings (SSSR count). The molecule has 21 heavy (non-hydrogen) atoms. The Bertz CT molecular complexity index is 535. The van der Waals surface area contributed by atoms with Crippen LogP contribution in [0.5, 0.6) is 11.5 Å². The zero-order chi connectivity index (χ0) is 15.4. The monoisotopic (exact) mass is 291 g/mol. The van der Waals surface area contributed by atoms with Crippen molar-refractivity contribution in [3.8, 4) is 11.5 Å². The number of phenolic OH excluding ortho intramolecular Hbond substituents is 2. The number of Topliss-reactive ketones (excluding diaryl/α,β-unsaturated/α-hetero) is 1. The van der Waals surface area contributed by atoms with Crippen LogP contribution in [0.25, 0.3) is 0 Å². The van der Waals surface area contributed by atoms with Gasteiger partial charge in [-0.1, -0.05) is 19.3 Å². The van der Waals surface area contributed by atoms with Crippen LogP contribution in [0.2, 0.25) is 0 Å². The Hall–Kier alpha value is -2.04.